The Hall–Kier alpha value is -2.24. The second-order valence-electron chi connectivity index (χ2n) is 4.17. The number of benzene rings is 1. The molecule has 0 amide bonds. The number of carbonyl (C=O) groups is 1. The Balaban J connectivity index is 2.74. The van der Waals surface area contributed by atoms with E-state index in [2.05, 4.69) is 4.98 Å². The molecule has 0 saturated heterocycles. The molecule has 6 heteroatoms. The summed E-state index contributed by atoms with van der Waals surface area (Å²) in [5, 5.41) is 0. The van der Waals surface area contributed by atoms with Gasteiger partial charge in [0.2, 0.25) is 5.78 Å². The highest BCUT2D eigenvalue weighted by atomic mass is 19.1. The van der Waals surface area contributed by atoms with Crippen molar-refractivity contribution in [2.45, 2.75) is 0 Å². The molecule has 1 aromatic carbocycles. The fourth-order valence-corrected chi connectivity index (χ4v) is 1.59. The molecule has 0 aliphatic carbocycles. The van der Waals surface area contributed by atoms with Crippen LogP contribution in [0.1, 0.15) is 14.7 Å². The van der Waals surface area contributed by atoms with Gasteiger partial charge in [-0.1, -0.05) is 0 Å². The highest BCUT2D eigenvalue weighted by Crippen LogP contribution is 2.20. The first-order chi connectivity index (χ1) is 10.1. The van der Waals surface area contributed by atoms with Crippen molar-refractivity contribution >= 4 is 16.8 Å². The predicted molar refractivity (Wildman–Crippen MR) is 67.8 cm³/mol. The van der Waals surface area contributed by atoms with Gasteiger partial charge in [0.25, 0.3) is 0 Å². The van der Waals surface area contributed by atoms with Crippen molar-refractivity contribution < 1.29 is 17.7 Å². The molecule has 0 saturated carbocycles. The van der Waals surface area contributed by atoms with Crippen LogP contribution in [0.25, 0.3) is 11.0 Å². The number of aromatic nitrogens is 2. The standard InChI is InChI=1S/C13H13F2N3O/c1-17(2)5-4-11(19)13-16-10-7-8(14)6-9(15)12(10)18(13)3/h4-7H,1-3H3/b5-4+/i3D3. The molecule has 19 heavy (non-hydrogen) atoms. The van der Waals surface area contributed by atoms with Gasteiger partial charge in [0.1, 0.15) is 11.3 Å². The van der Waals surface area contributed by atoms with Crippen molar-refractivity contribution in [2.75, 3.05) is 14.1 Å². The lowest BCUT2D eigenvalue weighted by molar-refractivity contribution is 0.103. The van der Waals surface area contributed by atoms with E-state index in [-0.39, 0.29) is 5.52 Å². The van der Waals surface area contributed by atoms with Gasteiger partial charge < -0.3 is 9.47 Å². The number of hydrogen-bond acceptors (Lipinski definition) is 3. The number of ketones is 1. The molecule has 0 aliphatic rings. The van der Waals surface area contributed by atoms with Crippen LogP contribution in [0.4, 0.5) is 8.78 Å². The highest BCUT2D eigenvalue weighted by molar-refractivity contribution is 6.03. The maximum Gasteiger partial charge on any atom is 0.222 e. The molecule has 0 N–H and O–H groups in total. The van der Waals surface area contributed by atoms with Gasteiger partial charge in [-0.3, -0.25) is 4.79 Å². The number of allylic oxidation sites excluding steroid dienone is 1. The van der Waals surface area contributed by atoms with Crippen molar-refractivity contribution in [1.82, 2.24) is 14.5 Å². The van der Waals surface area contributed by atoms with Gasteiger partial charge in [-0.2, -0.15) is 0 Å². The average Bonchev–Trinajstić information content (AvgIpc) is 2.75. The number of nitrogens with zero attached hydrogens (tertiary/aromatic N) is 3. The number of rotatable bonds is 3. The first-order valence-electron chi connectivity index (χ1n) is 6.88. The second-order valence-corrected chi connectivity index (χ2v) is 4.17. The minimum absolute atomic E-state index is 0.227. The van der Waals surface area contributed by atoms with Crippen LogP contribution >= 0.6 is 0 Å². The Labute approximate surface area is 113 Å². The molecule has 0 atom stereocenters. The number of hydrogen-bond donors (Lipinski definition) is 0. The summed E-state index contributed by atoms with van der Waals surface area (Å²) in [6.45, 7) is -2.83. The Bertz CT molecular complexity index is 766. The summed E-state index contributed by atoms with van der Waals surface area (Å²) >= 11 is 0. The monoisotopic (exact) mass is 268 g/mol. The van der Waals surface area contributed by atoms with Gasteiger partial charge in [-0.15, -0.1) is 0 Å². The van der Waals surface area contributed by atoms with Crippen LogP contribution in [-0.4, -0.2) is 34.3 Å². The second kappa shape index (κ2) is 4.79. The number of imidazole rings is 1. The van der Waals surface area contributed by atoms with Gasteiger partial charge in [-0.05, 0) is 0 Å². The van der Waals surface area contributed by atoms with Crippen molar-refractivity contribution in [3.05, 3.63) is 41.9 Å². The lowest BCUT2D eigenvalue weighted by Crippen LogP contribution is -2.07. The van der Waals surface area contributed by atoms with Crippen molar-refractivity contribution in [2.24, 2.45) is 6.98 Å². The third-order valence-corrected chi connectivity index (χ3v) is 2.41. The number of aryl methyl sites for hydroxylation is 1. The van der Waals surface area contributed by atoms with E-state index in [4.69, 9.17) is 4.11 Å². The summed E-state index contributed by atoms with van der Waals surface area (Å²) in [6.07, 6.45) is 2.51. The zero-order chi connectivity index (χ0) is 16.7. The maximum absolute atomic E-state index is 13.9. The van der Waals surface area contributed by atoms with Crippen LogP contribution in [0.2, 0.25) is 0 Å². The maximum atomic E-state index is 13.9. The first kappa shape index (κ1) is 9.66. The fourth-order valence-electron chi connectivity index (χ4n) is 1.59. The van der Waals surface area contributed by atoms with Gasteiger partial charge in [0, 0.05) is 49.6 Å². The summed E-state index contributed by atoms with van der Waals surface area (Å²) in [5.74, 6) is -3.18. The van der Waals surface area contributed by atoms with E-state index in [0.29, 0.717) is 10.6 Å². The number of carbonyl (C=O) groups excluding carboxylic acids is 1. The summed E-state index contributed by atoms with van der Waals surface area (Å²) in [4.78, 5) is 17.5. The molecule has 0 fully saturated rings. The summed E-state index contributed by atoms with van der Waals surface area (Å²) in [5.41, 5.74) is -0.654. The third kappa shape index (κ3) is 2.47. The molecule has 0 unspecified atom stereocenters. The fraction of sp³-hybridized carbons (Fsp3) is 0.231. The predicted octanol–water partition coefficient (Wildman–Crippen LogP) is 2.11. The zero-order valence-corrected chi connectivity index (χ0v) is 10.3. The number of fused-ring (bicyclic) bond motifs is 1. The van der Waals surface area contributed by atoms with Crippen LogP contribution in [0.3, 0.4) is 0 Å². The Morgan fingerprint density at radius 2 is 2.21 bits per heavy atom. The van der Waals surface area contributed by atoms with E-state index >= 15 is 0 Å². The van der Waals surface area contributed by atoms with Crippen molar-refractivity contribution in [3.8, 4) is 0 Å². The van der Waals surface area contributed by atoms with E-state index in [1.807, 2.05) is 0 Å². The topological polar surface area (TPSA) is 38.1 Å². The molecular weight excluding hydrogens is 252 g/mol. The molecule has 1 heterocycles. The summed E-state index contributed by atoms with van der Waals surface area (Å²) < 4.78 is 50.2. The minimum Gasteiger partial charge on any atom is -0.383 e. The van der Waals surface area contributed by atoms with E-state index in [1.54, 1.807) is 19.0 Å². The van der Waals surface area contributed by atoms with Gasteiger partial charge in [-0.25, -0.2) is 13.8 Å². The lowest BCUT2D eigenvalue weighted by atomic mass is 10.3. The first-order valence-corrected chi connectivity index (χ1v) is 5.38. The third-order valence-electron chi connectivity index (χ3n) is 2.41. The molecule has 2 rings (SSSR count). The van der Waals surface area contributed by atoms with E-state index in [9.17, 15) is 13.6 Å². The molecular formula is C13H13F2N3O. The SMILES string of the molecule is [2H]C([2H])([2H])n1c(C(=O)/C=C/N(C)C)nc2cc(F)cc(F)c21. The van der Waals surface area contributed by atoms with E-state index < -0.39 is 35.7 Å². The summed E-state index contributed by atoms with van der Waals surface area (Å²) in [6, 6.07) is 1.43. The average molecular weight is 268 g/mol. The molecule has 0 aliphatic heterocycles. The van der Waals surface area contributed by atoms with Crippen LogP contribution < -0.4 is 0 Å². The van der Waals surface area contributed by atoms with Crippen LogP contribution in [-0.2, 0) is 6.98 Å². The lowest BCUT2D eigenvalue weighted by Gasteiger charge is -2.03. The van der Waals surface area contributed by atoms with Crippen LogP contribution in [0.15, 0.2) is 24.4 Å². The van der Waals surface area contributed by atoms with Gasteiger partial charge >= 0.3 is 0 Å². The van der Waals surface area contributed by atoms with Gasteiger partial charge in [0.05, 0.1) is 5.52 Å². The van der Waals surface area contributed by atoms with Crippen molar-refractivity contribution in [3.63, 3.8) is 0 Å². The Morgan fingerprint density at radius 1 is 1.47 bits per heavy atom. The van der Waals surface area contributed by atoms with Crippen LogP contribution in [0.5, 0.6) is 0 Å². The molecule has 0 radical (unpaired) electrons. The Morgan fingerprint density at radius 3 is 2.84 bits per heavy atom. The zero-order valence-electron chi connectivity index (χ0n) is 13.3. The number of halogens is 2. The van der Waals surface area contributed by atoms with E-state index in [0.717, 1.165) is 12.1 Å². The Kier molecular flexibility index (Phi) is 2.44. The summed E-state index contributed by atoms with van der Waals surface area (Å²) in [7, 11) is 3.34. The largest absolute Gasteiger partial charge is 0.383 e. The smallest absolute Gasteiger partial charge is 0.222 e. The quantitative estimate of drug-likeness (QED) is 0.632. The minimum atomic E-state index is -2.83. The van der Waals surface area contributed by atoms with Crippen molar-refractivity contribution in [1.29, 1.82) is 0 Å². The molecule has 1 aromatic heterocycles. The highest BCUT2D eigenvalue weighted by Gasteiger charge is 2.17. The van der Waals surface area contributed by atoms with E-state index in [1.165, 1.54) is 6.20 Å². The normalized spacial score (nSPS) is 14.4. The molecule has 100 valence electrons. The molecule has 2 aromatic rings. The van der Waals surface area contributed by atoms with Gasteiger partial charge in [0.15, 0.2) is 11.6 Å². The molecule has 4 nitrogen and oxygen atoms in total. The molecule has 0 spiro atoms. The molecule has 0 bridgehead atoms. The van der Waals surface area contributed by atoms with Crippen LogP contribution in [0, 0.1) is 11.6 Å².